The number of rotatable bonds is 5. The number of hydrogen-bond acceptors (Lipinski definition) is 4. The first kappa shape index (κ1) is 26.6. The molecule has 0 aromatic rings. The fraction of sp³-hybridized carbons (Fsp3) is 0.522. The van der Waals surface area contributed by atoms with E-state index in [1.807, 2.05) is 52.2 Å². The van der Waals surface area contributed by atoms with Gasteiger partial charge in [-0.15, -0.1) is 0 Å². The third kappa shape index (κ3) is 9.46. The number of allylic oxidation sites excluding steroid dienone is 6. The van der Waals surface area contributed by atoms with E-state index < -0.39 is 5.97 Å². The zero-order chi connectivity index (χ0) is 23.2. The maximum absolute atomic E-state index is 11.1. The molecule has 0 bridgehead atoms. The summed E-state index contributed by atoms with van der Waals surface area (Å²) < 4.78 is 0. The molecule has 7 nitrogen and oxygen atoms in total. The summed E-state index contributed by atoms with van der Waals surface area (Å²) in [6.45, 7) is 9.88. The maximum Gasteiger partial charge on any atom is 0.306 e. The number of nitrogens with zero attached hydrogens (tertiary/aromatic N) is 3. The number of hydrogen-bond donors (Lipinski definition) is 3. The van der Waals surface area contributed by atoms with Gasteiger partial charge in [0.15, 0.2) is 11.1 Å². The molecule has 1 saturated heterocycles. The summed E-state index contributed by atoms with van der Waals surface area (Å²) in [6, 6.07) is 0. The van der Waals surface area contributed by atoms with Crippen LogP contribution in [-0.4, -0.2) is 53.0 Å². The SMILES string of the molecule is C/C=C(/C)N=C(N)NC1=CC=CCC(CN=C(SC)N2CCC(C(=O)O)CC2)=C1.CC. The van der Waals surface area contributed by atoms with Gasteiger partial charge in [-0.25, -0.2) is 4.99 Å². The van der Waals surface area contributed by atoms with E-state index in [4.69, 9.17) is 10.7 Å². The van der Waals surface area contributed by atoms with Gasteiger partial charge in [-0.1, -0.05) is 43.8 Å². The summed E-state index contributed by atoms with van der Waals surface area (Å²) >= 11 is 1.61. The van der Waals surface area contributed by atoms with Gasteiger partial charge in [0.25, 0.3) is 0 Å². The van der Waals surface area contributed by atoms with Crippen molar-refractivity contribution in [3.8, 4) is 0 Å². The lowest BCUT2D eigenvalue weighted by atomic mass is 9.98. The Hall–Kier alpha value is -2.48. The first-order valence-electron chi connectivity index (χ1n) is 10.8. The highest BCUT2D eigenvalue weighted by Gasteiger charge is 2.25. The standard InChI is InChI=1S/C21H31N5O2S.C2H6/c1-4-15(2)24-20(22)25-18-8-6-5-7-16(13-18)14-23-21(29-3)26-11-9-17(10-12-26)19(27)28;1-2/h4-6,8,13,17H,7,9-12,14H2,1-3H3,(H,27,28)(H3,22,24,25);1-2H3/b15-4-,23-21?;. The van der Waals surface area contributed by atoms with E-state index in [9.17, 15) is 9.90 Å². The van der Waals surface area contributed by atoms with Gasteiger partial charge < -0.3 is 21.1 Å². The van der Waals surface area contributed by atoms with Crippen molar-refractivity contribution in [2.45, 2.75) is 47.0 Å². The number of carboxylic acids is 1. The number of nitrogens with two attached hydrogens (primary N) is 1. The van der Waals surface area contributed by atoms with Crippen molar-refractivity contribution in [1.29, 1.82) is 0 Å². The van der Waals surface area contributed by atoms with E-state index in [0.29, 0.717) is 25.3 Å². The summed E-state index contributed by atoms with van der Waals surface area (Å²) in [6.07, 6.45) is 14.2. The van der Waals surface area contributed by atoms with Crippen LogP contribution in [0.4, 0.5) is 0 Å². The van der Waals surface area contributed by atoms with Crippen molar-refractivity contribution >= 4 is 28.9 Å². The van der Waals surface area contributed by atoms with Crippen molar-refractivity contribution in [3.63, 3.8) is 0 Å². The molecule has 0 radical (unpaired) electrons. The summed E-state index contributed by atoms with van der Waals surface area (Å²) in [5.74, 6) is -0.574. The van der Waals surface area contributed by atoms with Crippen molar-refractivity contribution in [2.24, 2.45) is 21.6 Å². The lowest BCUT2D eigenvalue weighted by Crippen LogP contribution is -2.39. The minimum absolute atomic E-state index is 0.235. The molecule has 31 heavy (non-hydrogen) atoms. The van der Waals surface area contributed by atoms with Gasteiger partial charge in [-0.05, 0) is 57.1 Å². The van der Waals surface area contributed by atoms with Gasteiger partial charge in [-0.3, -0.25) is 9.79 Å². The minimum atomic E-state index is -0.693. The molecule has 2 rings (SSSR count). The highest BCUT2D eigenvalue weighted by Crippen LogP contribution is 2.21. The van der Waals surface area contributed by atoms with Crippen molar-refractivity contribution in [1.82, 2.24) is 10.2 Å². The molecule has 2 aliphatic rings. The van der Waals surface area contributed by atoms with Gasteiger partial charge in [-0.2, -0.15) is 0 Å². The highest BCUT2D eigenvalue weighted by atomic mass is 32.2. The highest BCUT2D eigenvalue weighted by molar-refractivity contribution is 8.13. The van der Waals surface area contributed by atoms with Crippen LogP contribution in [0.1, 0.15) is 47.0 Å². The van der Waals surface area contributed by atoms with Gasteiger partial charge in [0.1, 0.15) is 0 Å². The third-order valence-corrected chi connectivity index (χ3v) is 5.61. The molecule has 0 unspecified atom stereocenters. The van der Waals surface area contributed by atoms with Crippen LogP contribution in [0.15, 0.2) is 57.3 Å². The zero-order valence-electron chi connectivity index (χ0n) is 19.4. The van der Waals surface area contributed by atoms with Gasteiger partial charge in [0.2, 0.25) is 0 Å². The first-order valence-corrected chi connectivity index (χ1v) is 12.0. The van der Waals surface area contributed by atoms with Crippen LogP contribution in [-0.2, 0) is 4.79 Å². The Labute approximate surface area is 191 Å². The Kier molecular flexibility index (Phi) is 12.4. The predicted octanol–water partition coefficient (Wildman–Crippen LogP) is 4.13. The van der Waals surface area contributed by atoms with Crippen LogP contribution < -0.4 is 11.1 Å². The number of nitrogens with one attached hydrogen (secondary N) is 1. The lowest BCUT2D eigenvalue weighted by molar-refractivity contribution is -0.143. The van der Waals surface area contributed by atoms with Crippen LogP contribution in [0, 0.1) is 5.92 Å². The van der Waals surface area contributed by atoms with Crippen molar-refractivity contribution in [3.05, 3.63) is 47.3 Å². The fourth-order valence-corrected chi connectivity index (χ4v) is 3.75. The van der Waals surface area contributed by atoms with E-state index in [-0.39, 0.29) is 5.92 Å². The van der Waals surface area contributed by atoms with Crippen LogP contribution in [0.5, 0.6) is 0 Å². The average molecular weight is 448 g/mol. The monoisotopic (exact) mass is 447 g/mol. The second-order valence-corrected chi connectivity index (χ2v) is 7.78. The van der Waals surface area contributed by atoms with Crippen molar-refractivity contribution in [2.75, 3.05) is 25.9 Å². The normalized spacial score (nSPS) is 18.5. The van der Waals surface area contributed by atoms with Crippen LogP contribution in [0.2, 0.25) is 0 Å². The molecule has 1 heterocycles. The molecule has 0 spiro atoms. The van der Waals surface area contributed by atoms with E-state index in [0.717, 1.165) is 36.1 Å². The molecule has 1 fully saturated rings. The number of carbonyl (C=O) groups is 1. The van der Waals surface area contributed by atoms with Crippen LogP contribution in [0.25, 0.3) is 0 Å². The van der Waals surface area contributed by atoms with Crippen LogP contribution in [0.3, 0.4) is 0 Å². The number of likely N-dealkylation sites (tertiary alicyclic amines) is 1. The van der Waals surface area contributed by atoms with Gasteiger partial charge in [0.05, 0.1) is 12.5 Å². The second kappa shape index (κ2) is 14.5. The third-order valence-electron chi connectivity index (χ3n) is 4.85. The molecule has 1 aliphatic heterocycles. The first-order chi connectivity index (χ1) is 14.9. The smallest absolute Gasteiger partial charge is 0.306 e. The Bertz CT molecular complexity index is 773. The summed E-state index contributed by atoms with van der Waals surface area (Å²) in [4.78, 5) is 22.4. The number of aliphatic imine (C=N–C) groups is 2. The van der Waals surface area contributed by atoms with E-state index in [1.54, 1.807) is 11.8 Å². The molecular weight excluding hydrogens is 410 g/mol. The van der Waals surface area contributed by atoms with Crippen LogP contribution >= 0.6 is 11.8 Å². The summed E-state index contributed by atoms with van der Waals surface area (Å²) in [5, 5.41) is 13.3. The number of piperidine rings is 1. The molecule has 0 amide bonds. The molecule has 0 saturated carbocycles. The fourth-order valence-electron chi connectivity index (χ4n) is 3.12. The minimum Gasteiger partial charge on any atom is -0.481 e. The van der Waals surface area contributed by atoms with E-state index >= 15 is 0 Å². The largest absolute Gasteiger partial charge is 0.481 e. The molecule has 0 aromatic heterocycles. The Morgan fingerprint density at radius 3 is 2.65 bits per heavy atom. The molecule has 8 heteroatoms. The van der Waals surface area contributed by atoms with Crippen molar-refractivity contribution < 1.29 is 9.90 Å². The quantitative estimate of drug-likeness (QED) is 0.433. The summed E-state index contributed by atoms with van der Waals surface area (Å²) in [7, 11) is 0. The Morgan fingerprint density at radius 2 is 2.06 bits per heavy atom. The number of guanidine groups is 1. The molecule has 4 N–H and O–H groups in total. The number of thioether (sulfide) groups is 1. The Balaban J connectivity index is 0.00000233. The molecule has 1 aliphatic carbocycles. The maximum atomic E-state index is 11.1. The second-order valence-electron chi connectivity index (χ2n) is 7.01. The van der Waals surface area contributed by atoms with E-state index in [1.165, 1.54) is 5.57 Å². The van der Waals surface area contributed by atoms with Gasteiger partial charge >= 0.3 is 5.97 Å². The number of aliphatic carboxylic acids is 1. The summed E-state index contributed by atoms with van der Waals surface area (Å²) in [5.41, 5.74) is 8.87. The topological polar surface area (TPSA) is 103 Å². The molecule has 172 valence electrons. The number of amidine groups is 1. The number of carboxylic acid groups (broad SMARTS) is 1. The van der Waals surface area contributed by atoms with E-state index in [2.05, 4.69) is 27.4 Å². The molecule has 0 atom stereocenters. The molecular formula is C23H37N5O2S. The predicted molar refractivity (Wildman–Crippen MR) is 133 cm³/mol. The molecule has 0 aromatic carbocycles. The zero-order valence-corrected chi connectivity index (χ0v) is 20.2. The van der Waals surface area contributed by atoms with Gasteiger partial charge in [0, 0.05) is 24.5 Å². The Morgan fingerprint density at radius 1 is 1.39 bits per heavy atom. The lowest BCUT2D eigenvalue weighted by Gasteiger charge is -2.31. The average Bonchev–Trinajstić information content (AvgIpc) is 3.00.